The van der Waals surface area contributed by atoms with Gasteiger partial charge in [-0.05, 0) is 25.7 Å². The number of carbonyl (C=O) groups is 2. The molecular weight excluding hydrogens is 194 g/mol. The minimum Gasteiger partial charge on any atom is -0.298 e. The van der Waals surface area contributed by atoms with Gasteiger partial charge >= 0.3 is 0 Å². The zero-order valence-corrected chi connectivity index (χ0v) is 9.07. The second-order valence-electron chi connectivity index (χ2n) is 4.52. The predicted molar refractivity (Wildman–Crippen MR) is 53.8 cm³/mol. The predicted octanol–water partition coefficient (Wildman–Crippen LogP) is 1.30. The van der Waals surface area contributed by atoms with Gasteiger partial charge in [0.15, 0.2) is 5.78 Å². The summed E-state index contributed by atoms with van der Waals surface area (Å²) < 4.78 is 0. The first kappa shape index (κ1) is 10.6. The van der Waals surface area contributed by atoms with Gasteiger partial charge in [-0.2, -0.15) is 0 Å². The van der Waals surface area contributed by atoms with Crippen LogP contribution in [0.25, 0.3) is 0 Å². The highest BCUT2D eigenvalue weighted by Crippen LogP contribution is 2.34. The van der Waals surface area contributed by atoms with Crippen LogP contribution in [-0.4, -0.2) is 29.4 Å². The lowest BCUT2D eigenvalue weighted by atomic mass is 9.99. The number of carbonyl (C=O) groups excluding carboxylic acids is 2. The zero-order valence-electron chi connectivity index (χ0n) is 9.07. The molecule has 4 heteroatoms. The van der Waals surface area contributed by atoms with Crippen molar-refractivity contribution in [3.05, 3.63) is 0 Å². The summed E-state index contributed by atoms with van der Waals surface area (Å²) in [6, 6.07) is 0. The van der Waals surface area contributed by atoms with Gasteiger partial charge in [-0.25, -0.2) is 5.06 Å². The molecule has 0 radical (unpaired) electrons. The average molecular weight is 211 g/mol. The summed E-state index contributed by atoms with van der Waals surface area (Å²) in [6.45, 7) is 1.57. The summed E-state index contributed by atoms with van der Waals surface area (Å²) >= 11 is 0. The number of nitrogens with zero attached hydrogens (tertiary/aromatic N) is 1. The molecule has 0 aromatic carbocycles. The van der Waals surface area contributed by atoms with Gasteiger partial charge in [-0.15, -0.1) is 0 Å². The fourth-order valence-electron chi connectivity index (χ4n) is 2.44. The number of amides is 1. The highest BCUT2D eigenvalue weighted by atomic mass is 16.7. The molecule has 15 heavy (non-hydrogen) atoms. The van der Waals surface area contributed by atoms with Crippen molar-refractivity contribution in [3.63, 3.8) is 0 Å². The number of hydroxylamine groups is 2. The Morgan fingerprint density at radius 2 is 2.13 bits per heavy atom. The topological polar surface area (TPSA) is 46.6 Å². The molecule has 1 aliphatic heterocycles. The van der Waals surface area contributed by atoms with Crippen molar-refractivity contribution in [2.75, 3.05) is 6.54 Å². The number of rotatable bonds is 3. The van der Waals surface area contributed by atoms with E-state index in [0.717, 1.165) is 12.8 Å². The number of hydrogen-bond acceptors (Lipinski definition) is 3. The lowest BCUT2D eigenvalue weighted by molar-refractivity contribution is -0.180. The summed E-state index contributed by atoms with van der Waals surface area (Å²) in [6.07, 6.45) is 5.28. The summed E-state index contributed by atoms with van der Waals surface area (Å²) in [4.78, 5) is 28.0. The maximum atomic E-state index is 11.5. The van der Waals surface area contributed by atoms with Gasteiger partial charge in [0.2, 0.25) is 5.91 Å². The molecule has 1 aliphatic carbocycles. The third-order valence-electron chi connectivity index (χ3n) is 3.21. The van der Waals surface area contributed by atoms with Gasteiger partial charge < -0.3 is 0 Å². The average Bonchev–Trinajstić information content (AvgIpc) is 2.75. The maximum Gasteiger partial charge on any atom is 0.249 e. The Bertz CT molecular complexity index is 271. The summed E-state index contributed by atoms with van der Waals surface area (Å²) in [5.41, 5.74) is 0. The van der Waals surface area contributed by atoms with E-state index in [1.807, 2.05) is 0 Å². The van der Waals surface area contributed by atoms with Crippen LogP contribution in [0.2, 0.25) is 0 Å². The molecule has 1 heterocycles. The van der Waals surface area contributed by atoms with Gasteiger partial charge in [0.25, 0.3) is 0 Å². The van der Waals surface area contributed by atoms with Crippen LogP contribution in [0.4, 0.5) is 0 Å². The van der Waals surface area contributed by atoms with Gasteiger partial charge in [0.1, 0.15) is 6.54 Å². The molecule has 1 atom stereocenters. The first-order valence-corrected chi connectivity index (χ1v) is 5.63. The molecule has 0 spiro atoms. The van der Waals surface area contributed by atoms with Crippen molar-refractivity contribution in [1.29, 1.82) is 0 Å². The van der Waals surface area contributed by atoms with Gasteiger partial charge in [-0.1, -0.05) is 12.8 Å². The van der Waals surface area contributed by atoms with Crippen LogP contribution < -0.4 is 0 Å². The summed E-state index contributed by atoms with van der Waals surface area (Å²) in [5.74, 6) is 0.448. The van der Waals surface area contributed by atoms with Crippen molar-refractivity contribution < 1.29 is 14.4 Å². The Morgan fingerprint density at radius 1 is 1.47 bits per heavy atom. The summed E-state index contributed by atoms with van der Waals surface area (Å²) in [7, 11) is 0. The Hall–Kier alpha value is -0.900. The number of hydrogen-bond donors (Lipinski definition) is 0. The summed E-state index contributed by atoms with van der Waals surface area (Å²) in [5, 5.41) is 1.24. The van der Waals surface area contributed by atoms with Crippen LogP contribution >= 0.6 is 0 Å². The number of ketones is 1. The van der Waals surface area contributed by atoms with Gasteiger partial charge in [0.05, 0.1) is 12.5 Å². The Morgan fingerprint density at radius 3 is 2.73 bits per heavy atom. The first-order chi connectivity index (χ1) is 7.16. The van der Waals surface area contributed by atoms with E-state index in [0.29, 0.717) is 12.3 Å². The first-order valence-electron chi connectivity index (χ1n) is 5.63. The molecule has 1 unspecified atom stereocenters. The second kappa shape index (κ2) is 4.31. The molecule has 4 nitrogen and oxygen atoms in total. The molecule has 0 bridgehead atoms. The van der Waals surface area contributed by atoms with E-state index in [1.54, 1.807) is 0 Å². The maximum absolute atomic E-state index is 11.5. The standard InChI is InChI=1S/C11H17NO3/c1-8(13)7-12-11(14)6-10(15-12)9-4-2-3-5-9/h9-10H,2-7H2,1H3. The van der Waals surface area contributed by atoms with Crippen molar-refractivity contribution in [2.45, 2.75) is 45.1 Å². The van der Waals surface area contributed by atoms with E-state index in [4.69, 9.17) is 4.84 Å². The smallest absolute Gasteiger partial charge is 0.249 e. The van der Waals surface area contributed by atoms with Crippen LogP contribution in [0.15, 0.2) is 0 Å². The molecule has 0 N–H and O–H groups in total. The fourth-order valence-corrected chi connectivity index (χ4v) is 2.44. The highest BCUT2D eigenvalue weighted by Gasteiger charge is 2.37. The lowest BCUT2D eigenvalue weighted by Gasteiger charge is -2.18. The minimum atomic E-state index is -0.0397. The minimum absolute atomic E-state index is 0.0272. The molecule has 2 aliphatic rings. The van der Waals surface area contributed by atoms with E-state index >= 15 is 0 Å². The van der Waals surface area contributed by atoms with Crippen molar-refractivity contribution in [1.82, 2.24) is 5.06 Å². The molecule has 0 aromatic rings. The zero-order chi connectivity index (χ0) is 10.8. The lowest BCUT2D eigenvalue weighted by Crippen LogP contribution is -2.29. The normalized spacial score (nSPS) is 27.7. The molecule has 1 saturated heterocycles. The van der Waals surface area contributed by atoms with E-state index in [-0.39, 0.29) is 24.3 Å². The molecule has 0 aromatic heterocycles. The quantitative estimate of drug-likeness (QED) is 0.706. The van der Waals surface area contributed by atoms with Gasteiger partial charge in [-0.3, -0.25) is 14.4 Å². The molecule has 2 fully saturated rings. The van der Waals surface area contributed by atoms with Crippen LogP contribution in [0.1, 0.15) is 39.0 Å². The fraction of sp³-hybridized carbons (Fsp3) is 0.818. The highest BCUT2D eigenvalue weighted by molar-refractivity contribution is 5.84. The molecule has 1 saturated carbocycles. The molecule has 84 valence electrons. The van der Waals surface area contributed by atoms with Crippen molar-refractivity contribution >= 4 is 11.7 Å². The van der Waals surface area contributed by atoms with Crippen LogP contribution in [0.3, 0.4) is 0 Å². The monoisotopic (exact) mass is 211 g/mol. The molecule has 1 amide bonds. The van der Waals surface area contributed by atoms with E-state index in [9.17, 15) is 9.59 Å². The number of Topliss-reactive ketones (excluding diaryl/α,β-unsaturated/α-hetero) is 1. The van der Waals surface area contributed by atoms with Crippen LogP contribution in [0.5, 0.6) is 0 Å². The van der Waals surface area contributed by atoms with E-state index in [2.05, 4.69) is 0 Å². The Kier molecular flexibility index (Phi) is 3.05. The Labute approximate surface area is 89.5 Å². The van der Waals surface area contributed by atoms with Crippen LogP contribution in [0, 0.1) is 5.92 Å². The van der Waals surface area contributed by atoms with Gasteiger partial charge in [0, 0.05) is 0 Å². The van der Waals surface area contributed by atoms with Crippen molar-refractivity contribution in [3.8, 4) is 0 Å². The second-order valence-corrected chi connectivity index (χ2v) is 4.52. The third kappa shape index (κ3) is 2.37. The van der Waals surface area contributed by atoms with E-state index < -0.39 is 0 Å². The van der Waals surface area contributed by atoms with Crippen LogP contribution in [-0.2, 0) is 14.4 Å². The van der Waals surface area contributed by atoms with Crippen molar-refractivity contribution in [2.24, 2.45) is 5.92 Å². The molecular formula is C11H17NO3. The Balaban J connectivity index is 1.90. The van der Waals surface area contributed by atoms with E-state index in [1.165, 1.54) is 24.8 Å². The SMILES string of the molecule is CC(=O)CN1OC(C2CCCC2)CC1=O. The third-order valence-corrected chi connectivity index (χ3v) is 3.21. The molecule has 2 rings (SSSR count). The largest absolute Gasteiger partial charge is 0.298 e.